The molecule has 2 nitrogen and oxygen atoms in total. The van der Waals surface area contributed by atoms with Crippen molar-refractivity contribution in [1.82, 2.24) is 0 Å². The highest BCUT2D eigenvalue weighted by molar-refractivity contribution is 5.87. The van der Waals surface area contributed by atoms with Crippen molar-refractivity contribution in [2.24, 2.45) is 4.99 Å². The number of rotatable bonds is 4. The van der Waals surface area contributed by atoms with Crippen LogP contribution in [0.4, 0.5) is 27.6 Å². The number of aromatic hydroxyl groups is 1. The van der Waals surface area contributed by atoms with E-state index in [1.165, 1.54) is 12.3 Å². The molecule has 7 heteroatoms. The summed E-state index contributed by atoms with van der Waals surface area (Å²) in [4.78, 5) is 4.42. The van der Waals surface area contributed by atoms with E-state index < -0.39 is 41.8 Å². The third-order valence-corrected chi connectivity index (χ3v) is 6.02. The summed E-state index contributed by atoms with van der Waals surface area (Å²) in [7, 11) is 0. The number of alkyl halides is 2. The fraction of sp³-hybridized carbons (Fsp3) is 0.393. The molecule has 0 saturated heterocycles. The molecule has 0 aliphatic heterocycles. The first kappa shape index (κ1) is 26.6. The van der Waals surface area contributed by atoms with Crippen molar-refractivity contribution in [2.75, 3.05) is 0 Å². The number of allylic oxidation sites excluding steroid dienone is 4. The van der Waals surface area contributed by atoms with Crippen LogP contribution in [0, 0.1) is 0 Å². The number of phenols is 1. The van der Waals surface area contributed by atoms with Gasteiger partial charge in [-0.15, -0.1) is 0 Å². The predicted octanol–water partition coefficient (Wildman–Crippen LogP) is 8.34. The number of hydrogen-bond donors (Lipinski definition) is 1. The van der Waals surface area contributed by atoms with Crippen LogP contribution in [0.5, 0.6) is 5.75 Å². The van der Waals surface area contributed by atoms with Crippen molar-refractivity contribution < 1.29 is 27.1 Å². The standard InChI is InChI=1S/C28H30F5NO/c1-27(2,3)17-11-16(26(35)19(13-17)28(4,5)6)14-34-20-10-8-7-9-15(20)12-18-21(29)23(31)25(33)24(32)22(18)30/h7-11,13-14,23,25,35H,12H2,1-6H3. The monoisotopic (exact) mass is 491 g/mol. The Bertz CT molecular complexity index is 1210. The van der Waals surface area contributed by atoms with E-state index in [4.69, 9.17) is 0 Å². The second kappa shape index (κ2) is 9.59. The van der Waals surface area contributed by atoms with E-state index in [9.17, 15) is 27.1 Å². The Balaban J connectivity index is 2.05. The van der Waals surface area contributed by atoms with E-state index in [1.807, 2.05) is 32.9 Å². The van der Waals surface area contributed by atoms with Crippen LogP contribution in [0.3, 0.4) is 0 Å². The van der Waals surface area contributed by atoms with Crippen molar-refractivity contribution in [3.8, 4) is 5.75 Å². The second-order valence-electron chi connectivity index (χ2n) is 10.8. The minimum Gasteiger partial charge on any atom is -0.507 e. The lowest BCUT2D eigenvalue weighted by Crippen LogP contribution is -2.25. The van der Waals surface area contributed by atoms with Crippen LogP contribution >= 0.6 is 0 Å². The number of phenolic OH excluding ortho intramolecular Hbond substituents is 1. The lowest BCUT2D eigenvalue weighted by Gasteiger charge is -2.27. The Morgan fingerprint density at radius 2 is 1.49 bits per heavy atom. The van der Waals surface area contributed by atoms with Gasteiger partial charge in [0.15, 0.2) is 24.0 Å². The lowest BCUT2D eigenvalue weighted by atomic mass is 9.79. The Morgan fingerprint density at radius 3 is 2.09 bits per heavy atom. The summed E-state index contributed by atoms with van der Waals surface area (Å²) in [6, 6.07) is 10.1. The molecule has 2 aromatic carbocycles. The quantitative estimate of drug-likeness (QED) is 0.338. The number of para-hydroxylation sites is 1. The Hall–Kier alpha value is -2.96. The number of aliphatic imine (C=N–C) groups is 1. The number of benzene rings is 2. The average Bonchev–Trinajstić information content (AvgIpc) is 2.77. The third kappa shape index (κ3) is 5.49. The summed E-state index contributed by atoms with van der Waals surface area (Å²) in [5.74, 6) is -5.28. The molecule has 2 atom stereocenters. The number of nitrogens with zero attached hydrogens (tertiary/aromatic N) is 1. The summed E-state index contributed by atoms with van der Waals surface area (Å²) in [6.45, 7) is 12.1. The van der Waals surface area contributed by atoms with E-state index in [1.54, 1.807) is 18.2 Å². The summed E-state index contributed by atoms with van der Waals surface area (Å²) in [5, 5.41) is 11.0. The first-order chi connectivity index (χ1) is 16.1. The zero-order valence-corrected chi connectivity index (χ0v) is 20.7. The van der Waals surface area contributed by atoms with Gasteiger partial charge in [-0.3, -0.25) is 4.99 Å². The Morgan fingerprint density at radius 1 is 0.886 bits per heavy atom. The maximum atomic E-state index is 14.3. The van der Waals surface area contributed by atoms with Gasteiger partial charge >= 0.3 is 0 Å². The molecular formula is C28H30F5NO. The molecule has 3 rings (SSSR count). The molecule has 0 saturated carbocycles. The maximum absolute atomic E-state index is 14.3. The molecule has 0 aromatic heterocycles. The molecule has 35 heavy (non-hydrogen) atoms. The van der Waals surface area contributed by atoms with Crippen molar-refractivity contribution >= 4 is 11.9 Å². The highest BCUT2D eigenvalue weighted by atomic mass is 19.2. The van der Waals surface area contributed by atoms with Gasteiger partial charge in [-0.1, -0.05) is 65.8 Å². The summed E-state index contributed by atoms with van der Waals surface area (Å²) < 4.78 is 69.6. The Kier molecular flexibility index (Phi) is 7.30. The smallest absolute Gasteiger partial charge is 0.192 e. The van der Waals surface area contributed by atoms with Gasteiger partial charge in [0, 0.05) is 29.3 Å². The summed E-state index contributed by atoms with van der Waals surface area (Å²) in [6.07, 6.45) is -4.96. The van der Waals surface area contributed by atoms with Crippen LogP contribution in [0.25, 0.3) is 0 Å². The zero-order chi connectivity index (χ0) is 26.3. The molecule has 2 unspecified atom stereocenters. The highest BCUT2D eigenvalue weighted by Crippen LogP contribution is 2.40. The largest absolute Gasteiger partial charge is 0.507 e. The van der Waals surface area contributed by atoms with E-state index in [0.717, 1.165) is 11.1 Å². The first-order valence-corrected chi connectivity index (χ1v) is 11.3. The second-order valence-corrected chi connectivity index (χ2v) is 10.8. The van der Waals surface area contributed by atoms with E-state index in [0.29, 0.717) is 5.56 Å². The van der Waals surface area contributed by atoms with Gasteiger partial charge < -0.3 is 5.11 Å². The summed E-state index contributed by atoms with van der Waals surface area (Å²) in [5.41, 5.74) is 1.33. The molecule has 0 heterocycles. The van der Waals surface area contributed by atoms with Gasteiger partial charge in [0.1, 0.15) is 11.6 Å². The van der Waals surface area contributed by atoms with Crippen LogP contribution < -0.4 is 0 Å². The van der Waals surface area contributed by atoms with Crippen LogP contribution in [-0.2, 0) is 17.3 Å². The van der Waals surface area contributed by atoms with Gasteiger partial charge in [0.05, 0.1) is 5.69 Å². The molecule has 0 fully saturated rings. The molecule has 0 radical (unpaired) electrons. The molecular weight excluding hydrogens is 461 g/mol. The molecule has 188 valence electrons. The fourth-order valence-corrected chi connectivity index (χ4v) is 3.83. The van der Waals surface area contributed by atoms with Gasteiger partial charge in [-0.25, -0.2) is 22.0 Å². The van der Waals surface area contributed by atoms with Crippen LogP contribution in [0.1, 0.15) is 63.8 Å². The van der Waals surface area contributed by atoms with Crippen LogP contribution in [0.2, 0.25) is 0 Å². The highest BCUT2D eigenvalue weighted by Gasteiger charge is 2.40. The van der Waals surface area contributed by atoms with Gasteiger partial charge in [-0.05, 0) is 34.1 Å². The van der Waals surface area contributed by atoms with Crippen molar-refractivity contribution in [3.63, 3.8) is 0 Å². The molecule has 1 aliphatic carbocycles. The molecule has 0 spiro atoms. The molecule has 1 aliphatic rings. The average molecular weight is 492 g/mol. The molecule has 1 N–H and O–H groups in total. The topological polar surface area (TPSA) is 32.6 Å². The van der Waals surface area contributed by atoms with E-state index >= 15 is 0 Å². The van der Waals surface area contributed by atoms with E-state index in [-0.39, 0.29) is 27.8 Å². The molecule has 0 bridgehead atoms. The van der Waals surface area contributed by atoms with Crippen molar-refractivity contribution in [2.45, 2.75) is 71.1 Å². The fourth-order valence-electron chi connectivity index (χ4n) is 3.83. The lowest BCUT2D eigenvalue weighted by molar-refractivity contribution is 0.164. The van der Waals surface area contributed by atoms with Crippen molar-refractivity contribution in [1.29, 1.82) is 0 Å². The van der Waals surface area contributed by atoms with Gasteiger partial charge in [0.2, 0.25) is 0 Å². The predicted molar refractivity (Wildman–Crippen MR) is 130 cm³/mol. The Labute approximate surface area is 202 Å². The van der Waals surface area contributed by atoms with Gasteiger partial charge in [-0.2, -0.15) is 0 Å². The first-order valence-electron chi connectivity index (χ1n) is 11.3. The molecule has 0 amide bonds. The van der Waals surface area contributed by atoms with Crippen LogP contribution in [-0.4, -0.2) is 23.7 Å². The van der Waals surface area contributed by atoms with E-state index in [2.05, 4.69) is 25.8 Å². The number of halogens is 5. The SMILES string of the molecule is CC(C)(C)c1cc(C=Nc2ccccc2CC2=C(F)C(F)C(F)C(F)=C2F)c(O)c(C(C)(C)C)c1. The summed E-state index contributed by atoms with van der Waals surface area (Å²) >= 11 is 0. The number of hydrogen-bond acceptors (Lipinski definition) is 2. The van der Waals surface area contributed by atoms with Crippen LogP contribution in [0.15, 0.2) is 64.4 Å². The minimum atomic E-state index is -3.00. The van der Waals surface area contributed by atoms with Gasteiger partial charge in [0.25, 0.3) is 0 Å². The molecule has 2 aromatic rings. The maximum Gasteiger partial charge on any atom is 0.192 e. The van der Waals surface area contributed by atoms with Crippen molar-refractivity contribution in [3.05, 3.63) is 81.7 Å². The zero-order valence-electron chi connectivity index (χ0n) is 20.7. The third-order valence-electron chi connectivity index (χ3n) is 6.02. The minimum absolute atomic E-state index is 0.0677. The normalized spacial score (nSPS) is 19.7.